The standard InChI is InChI=1S/C15H13N/c1-2-9-14-12(7-1)13-8-3-5-11-6-4-10-16(14)15(11)13/h1-5,7-10,14-15H,6H2. The van der Waals surface area contributed by atoms with E-state index in [1.807, 2.05) is 0 Å². The van der Waals surface area contributed by atoms with Crippen molar-refractivity contribution in [2.24, 2.45) is 0 Å². The first-order chi connectivity index (χ1) is 7.95. The van der Waals surface area contributed by atoms with Crippen LogP contribution in [0.25, 0.3) is 0 Å². The highest BCUT2D eigenvalue weighted by molar-refractivity contribution is 5.57. The van der Waals surface area contributed by atoms with Crippen molar-refractivity contribution >= 4 is 0 Å². The van der Waals surface area contributed by atoms with Crippen LogP contribution < -0.4 is 0 Å². The summed E-state index contributed by atoms with van der Waals surface area (Å²) in [5.41, 5.74) is 4.50. The molecule has 2 aliphatic heterocycles. The predicted octanol–water partition coefficient (Wildman–Crippen LogP) is 2.88. The minimum absolute atomic E-state index is 0.452. The smallest absolute Gasteiger partial charge is 0.0769 e. The molecule has 0 N–H and O–H groups in total. The second-order valence-corrected chi connectivity index (χ2v) is 4.64. The third kappa shape index (κ3) is 0.909. The van der Waals surface area contributed by atoms with E-state index in [0.29, 0.717) is 12.1 Å². The number of rotatable bonds is 0. The third-order valence-electron chi connectivity index (χ3n) is 3.81. The molecule has 0 radical (unpaired) electrons. The zero-order valence-electron chi connectivity index (χ0n) is 9.01. The van der Waals surface area contributed by atoms with Gasteiger partial charge in [-0.2, -0.15) is 0 Å². The average Bonchev–Trinajstić information content (AvgIpc) is 2.68. The van der Waals surface area contributed by atoms with E-state index in [1.165, 1.54) is 16.7 Å². The lowest BCUT2D eigenvalue weighted by molar-refractivity contribution is 0.336. The molecule has 0 saturated heterocycles. The van der Waals surface area contributed by atoms with Gasteiger partial charge in [-0.3, -0.25) is 0 Å². The number of hydrogen-bond donors (Lipinski definition) is 0. The lowest BCUT2D eigenvalue weighted by Gasteiger charge is -2.35. The Labute approximate surface area is 95.4 Å². The van der Waals surface area contributed by atoms with Gasteiger partial charge in [-0.1, -0.05) is 48.6 Å². The maximum Gasteiger partial charge on any atom is 0.0769 e. The van der Waals surface area contributed by atoms with Crippen LogP contribution in [0.5, 0.6) is 0 Å². The van der Waals surface area contributed by atoms with Gasteiger partial charge in [0.2, 0.25) is 0 Å². The van der Waals surface area contributed by atoms with Crippen molar-refractivity contribution in [2.45, 2.75) is 18.5 Å². The molecule has 4 aliphatic rings. The van der Waals surface area contributed by atoms with Crippen molar-refractivity contribution < 1.29 is 0 Å². The summed E-state index contributed by atoms with van der Waals surface area (Å²) < 4.78 is 0. The molecule has 0 aromatic rings. The van der Waals surface area contributed by atoms with Crippen LogP contribution in [-0.2, 0) is 0 Å². The maximum absolute atomic E-state index is 2.48. The van der Waals surface area contributed by atoms with Gasteiger partial charge >= 0.3 is 0 Å². The molecule has 0 saturated carbocycles. The van der Waals surface area contributed by atoms with Crippen LogP contribution >= 0.6 is 0 Å². The predicted molar refractivity (Wildman–Crippen MR) is 65.7 cm³/mol. The SMILES string of the molecule is C1=CC2=C3C=CC=C4CC=CN(C2C=C1)C43. The molecule has 0 amide bonds. The summed E-state index contributed by atoms with van der Waals surface area (Å²) in [6.07, 6.45) is 21.2. The Kier molecular flexibility index (Phi) is 1.51. The van der Waals surface area contributed by atoms with E-state index < -0.39 is 0 Å². The molecule has 0 aromatic carbocycles. The lowest BCUT2D eigenvalue weighted by Crippen LogP contribution is -2.37. The van der Waals surface area contributed by atoms with E-state index >= 15 is 0 Å². The molecule has 0 aromatic heterocycles. The summed E-state index contributed by atoms with van der Waals surface area (Å²) in [5.74, 6) is 0. The number of hydrogen-bond acceptors (Lipinski definition) is 1. The molecule has 0 fully saturated rings. The Morgan fingerprint density at radius 2 is 2.00 bits per heavy atom. The summed E-state index contributed by atoms with van der Waals surface area (Å²) in [4.78, 5) is 2.48. The molecule has 2 aliphatic carbocycles. The van der Waals surface area contributed by atoms with Crippen LogP contribution in [0.2, 0.25) is 0 Å². The van der Waals surface area contributed by atoms with Gasteiger partial charge in [0, 0.05) is 0 Å². The van der Waals surface area contributed by atoms with Crippen LogP contribution in [0.3, 0.4) is 0 Å². The van der Waals surface area contributed by atoms with Crippen LogP contribution in [0.4, 0.5) is 0 Å². The van der Waals surface area contributed by atoms with Crippen molar-refractivity contribution in [1.29, 1.82) is 0 Å². The zero-order valence-corrected chi connectivity index (χ0v) is 9.01. The molecular weight excluding hydrogens is 194 g/mol. The van der Waals surface area contributed by atoms with E-state index in [1.54, 1.807) is 0 Å². The van der Waals surface area contributed by atoms with Gasteiger partial charge in [0.15, 0.2) is 0 Å². The third-order valence-corrected chi connectivity index (χ3v) is 3.81. The van der Waals surface area contributed by atoms with Crippen LogP contribution in [0, 0.1) is 0 Å². The largest absolute Gasteiger partial charge is 0.357 e. The fraction of sp³-hybridized carbons (Fsp3) is 0.200. The Morgan fingerprint density at radius 3 is 3.00 bits per heavy atom. The number of allylic oxidation sites excluding steroid dienone is 5. The summed E-state index contributed by atoms with van der Waals surface area (Å²) in [6, 6.07) is 0.954. The van der Waals surface area contributed by atoms with E-state index in [-0.39, 0.29) is 0 Å². The Morgan fingerprint density at radius 1 is 1.06 bits per heavy atom. The molecule has 1 nitrogen and oxygen atoms in total. The molecule has 0 spiro atoms. The summed E-state index contributed by atoms with van der Waals surface area (Å²) >= 11 is 0. The highest BCUT2D eigenvalue weighted by atomic mass is 15.2. The highest BCUT2D eigenvalue weighted by Gasteiger charge is 2.39. The summed E-state index contributed by atoms with van der Waals surface area (Å²) in [7, 11) is 0. The van der Waals surface area contributed by atoms with Gasteiger partial charge in [-0.25, -0.2) is 0 Å². The number of nitrogens with zero attached hydrogens (tertiary/aromatic N) is 1. The van der Waals surface area contributed by atoms with Gasteiger partial charge < -0.3 is 4.90 Å². The van der Waals surface area contributed by atoms with Crippen LogP contribution in [-0.4, -0.2) is 17.0 Å². The van der Waals surface area contributed by atoms with E-state index in [2.05, 4.69) is 59.7 Å². The molecule has 1 heteroatoms. The first kappa shape index (κ1) is 8.40. The topological polar surface area (TPSA) is 3.24 Å². The van der Waals surface area contributed by atoms with Crippen LogP contribution in [0.15, 0.2) is 71.5 Å². The number of fused-ring (bicyclic) bond motifs is 2. The normalized spacial score (nSPS) is 33.0. The van der Waals surface area contributed by atoms with Gasteiger partial charge in [-0.15, -0.1) is 0 Å². The molecule has 78 valence electrons. The summed E-state index contributed by atoms with van der Waals surface area (Å²) in [6.45, 7) is 0. The fourth-order valence-corrected chi connectivity index (χ4v) is 3.15. The molecule has 2 atom stereocenters. The lowest BCUT2D eigenvalue weighted by atomic mass is 9.89. The van der Waals surface area contributed by atoms with Crippen LogP contribution in [0.1, 0.15) is 6.42 Å². The second-order valence-electron chi connectivity index (χ2n) is 4.64. The molecule has 2 heterocycles. The molecule has 2 unspecified atom stereocenters. The molecule has 0 bridgehead atoms. The second kappa shape index (κ2) is 2.88. The minimum Gasteiger partial charge on any atom is -0.357 e. The molecular formula is C15H13N. The van der Waals surface area contributed by atoms with Gasteiger partial charge in [0.05, 0.1) is 12.1 Å². The van der Waals surface area contributed by atoms with E-state index in [4.69, 9.17) is 0 Å². The Bertz CT molecular complexity index is 526. The Balaban J connectivity index is 1.96. The van der Waals surface area contributed by atoms with Crippen molar-refractivity contribution in [3.63, 3.8) is 0 Å². The van der Waals surface area contributed by atoms with E-state index in [0.717, 1.165) is 6.42 Å². The average molecular weight is 207 g/mol. The van der Waals surface area contributed by atoms with Crippen molar-refractivity contribution in [3.05, 3.63) is 71.5 Å². The van der Waals surface area contributed by atoms with Crippen molar-refractivity contribution in [2.75, 3.05) is 0 Å². The molecule has 16 heavy (non-hydrogen) atoms. The highest BCUT2D eigenvalue weighted by Crippen LogP contribution is 2.42. The quantitative estimate of drug-likeness (QED) is 0.590. The summed E-state index contributed by atoms with van der Waals surface area (Å²) in [5, 5.41) is 0. The first-order valence-corrected chi connectivity index (χ1v) is 5.85. The molecule has 4 rings (SSSR count). The fourth-order valence-electron chi connectivity index (χ4n) is 3.15. The monoisotopic (exact) mass is 207 g/mol. The first-order valence-electron chi connectivity index (χ1n) is 5.85. The van der Waals surface area contributed by atoms with Gasteiger partial charge in [0.25, 0.3) is 0 Å². The maximum atomic E-state index is 2.48. The van der Waals surface area contributed by atoms with Gasteiger partial charge in [0.1, 0.15) is 0 Å². The minimum atomic E-state index is 0.452. The van der Waals surface area contributed by atoms with Crippen molar-refractivity contribution in [1.82, 2.24) is 4.90 Å². The van der Waals surface area contributed by atoms with E-state index in [9.17, 15) is 0 Å². The van der Waals surface area contributed by atoms with Crippen molar-refractivity contribution in [3.8, 4) is 0 Å². The Hall–Kier alpha value is -1.76. The van der Waals surface area contributed by atoms with Gasteiger partial charge in [-0.05, 0) is 29.3 Å². The zero-order chi connectivity index (χ0) is 10.5.